The van der Waals surface area contributed by atoms with Crippen LogP contribution >= 0.6 is 11.6 Å². The maximum atomic E-state index is 5.98. The van der Waals surface area contributed by atoms with E-state index in [0.29, 0.717) is 22.6 Å². The standard InChI is InChI=1S/C22H19ClN4O2/c1-14(15-5-9-17(23)10-6-15)25-21-19(4-3-13-24-21)22-26-20(27-29-22)16-7-11-18(28-2)12-8-16/h3-14H,1-2H3,(H,24,25). The summed E-state index contributed by atoms with van der Waals surface area (Å²) in [5, 5.41) is 8.22. The van der Waals surface area contributed by atoms with Crippen LogP contribution in [0.25, 0.3) is 22.8 Å². The van der Waals surface area contributed by atoms with Crippen molar-refractivity contribution in [2.75, 3.05) is 12.4 Å². The zero-order valence-electron chi connectivity index (χ0n) is 16.0. The van der Waals surface area contributed by atoms with E-state index in [0.717, 1.165) is 22.4 Å². The van der Waals surface area contributed by atoms with E-state index in [1.807, 2.05) is 60.7 Å². The van der Waals surface area contributed by atoms with E-state index >= 15 is 0 Å². The molecular formula is C22H19ClN4O2. The first-order valence-corrected chi connectivity index (χ1v) is 9.47. The van der Waals surface area contributed by atoms with Gasteiger partial charge in [-0.2, -0.15) is 4.98 Å². The molecule has 0 aliphatic carbocycles. The van der Waals surface area contributed by atoms with Gasteiger partial charge in [0, 0.05) is 22.8 Å². The highest BCUT2D eigenvalue weighted by Crippen LogP contribution is 2.30. The first-order chi connectivity index (χ1) is 14.1. The summed E-state index contributed by atoms with van der Waals surface area (Å²) in [6.07, 6.45) is 1.72. The van der Waals surface area contributed by atoms with Crippen molar-refractivity contribution in [1.82, 2.24) is 15.1 Å². The van der Waals surface area contributed by atoms with Crippen molar-refractivity contribution in [3.63, 3.8) is 0 Å². The molecule has 6 nitrogen and oxygen atoms in total. The van der Waals surface area contributed by atoms with Crippen molar-refractivity contribution < 1.29 is 9.26 Å². The predicted octanol–water partition coefficient (Wildman–Crippen LogP) is 5.63. The average molecular weight is 407 g/mol. The summed E-state index contributed by atoms with van der Waals surface area (Å²) < 4.78 is 10.7. The molecule has 0 saturated carbocycles. The molecule has 0 radical (unpaired) electrons. The molecule has 2 aromatic carbocycles. The Morgan fingerprint density at radius 2 is 1.79 bits per heavy atom. The Hall–Kier alpha value is -3.38. The Balaban J connectivity index is 1.59. The number of ether oxygens (including phenoxy) is 1. The Bertz CT molecular complexity index is 1090. The molecule has 2 heterocycles. The molecule has 0 amide bonds. The lowest BCUT2D eigenvalue weighted by Gasteiger charge is -2.16. The third kappa shape index (κ3) is 4.22. The van der Waals surface area contributed by atoms with Crippen LogP contribution in [0, 0.1) is 0 Å². The SMILES string of the molecule is COc1ccc(-c2noc(-c3cccnc3NC(C)c3ccc(Cl)cc3)n2)cc1. The van der Waals surface area contributed by atoms with E-state index in [4.69, 9.17) is 20.9 Å². The van der Waals surface area contributed by atoms with Gasteiger partial charge in [0.25, 0.3) is 5.89 Å². The number of halogens is 1. The maximum Gasteiger partial charge on any atom is 0.261 e. The fourth-order valence-corrected chi connectivity index (χ4v) is 3.05. The van der Waals surface area contributed by atoms with Gasteiger partial charge in [0.2, 0.25) is 5.82 Å². The van der Waals surface area contributed by atoms with E-state index < -0.39 is 0 Å². The predicted molar refractivity (Wildman–Crippen MR) is 113 cm³/mol. The molecular weight excluding hydrogens is 388 g/mol. The molecule has 0 aliphatic heterocycles. The van der Waals surface area contributed by atoms with Crippen LogP contribution in [0.15, 0.2) is 71.4 Å². The molecule has 0 fully saturated rings. The Kier molecular flexibility index (Phi) is 5.44. The normalized spacial score (nSPS) is 11.8. The average Bonchev–Trinajstić information content (AvgIpc) is 3.25. The first-order valence-electron chi connectivity index (χ1n) is 9.09. The van der Waals surface area contributed by atoms with Crippen molar-refractivity contribution in [3.05, 3.63) is 77.4 Å². The number of benzene rings is 2. The maximum absolute atomic E-state index is 5.98. The van der Waals surface area contributed by atoms with Crippen molar-refractivity contribution in [2.24, 2.45) is 0 Å². The van der Waals surface area contributed by atoms with Gasteiger partial charge in [0.1, 0.15) is 11.6 Å². The fraction of sp³-hybridized carbons (Fsp3) is 0.136. The molecule has 2 aromatic heterocycles. The molecule has 4 aromatic rings. The molecule has 0 bridgehead atoms. The quantitative estimate of drug-likeness (QED) is 0.447. The second-order valence-electron chi connectivity index (χ2n) is 6.47. The number of methoxy groups -OCH3 is 1. The second-order valence-corrected chi connectivity index (χ2v) is 6.91. The van der Waals surface area contributed by atoms with Gasteiger partial charge in [-0.25, -0.2) is 4.98 Å². The first kappa shape index (κ1) is 19.0. The largest absolute Gasteiger partial charge is 0.497 e. The summed E-state index contributed by atoms with van der Waals surface area (Å²) in [4.78, 5) is 9.00. The number of hydrogen-bond donors (Lipinski definition) is 1. The van der Waals surface area contributed by atoms with Crippen molar-refractivity contribution in [2.45, 2.75) is 13.0 Å². The van der Waals surface area contributed by atoms with Crippen LogP contribution in [0.2, 0.25) is 5.02 Å². The van der Waals surface area contributed by atoms with Crippen LogP contribution in [0.1, 0.15) is 18.5 Å². The highest BCUT2D eigenvalue weighted by Gasteiger charge is 2.17. The molecule has 4 rings (SSSR count). The molecule has 146 valence electrons. The minimum Gasteiger partial charge on any atom is -0.497 e. The topological polar surface area (TPSA) is 73.1 Å². The van der Waals surface area contributed by atoms with E-state index in [1.54, 1.807) is 13.3 Å². The molecule has 1 unspecified atom stereocenters. The number of anilines is 1. The summed E-state index contributed by atoms with van der Waals surface area (Å²) in [5.74, 6) is 2.34. The van der Waals surface area contributed by atoms with Gasteiger partial charge in [-0.15, -0.1) is 0 Å². The van der Waals surface area contributed by atoms with Gasteiger partial charge in [0.15, 0.2) is 0 Å². The van der Waals surface area contributed by atoms with E-state index in [2.05, 4.69) is 27.4 Å². The lowest BCUT2D eigenvalue weighted by Crippen LogP contribution is -2.08. The number of nitrogens with zero attached hydrogens (tertiary/aromatic N) is 3. The molecule has 0 aliphatic rings. The van der Waals surface area contributed by atoms with Gasteiger partial charge < -0.3 is 14.6 Å². The van der Waals surface area contributed by atoms with Gasteiger partial charge in [0.05, 0.1) is 12.7 Å². The lowest BCUT2D eigenvalue weighted by molar-refractivity contribution is 0.415. The van der Waals surface area contributed by atoms with E-state index in [9.17, 15) is 0 Å². The fourth-order valence-electron chi connectivity index (χ4n) is 2.92. The zero-order chi connectivity index (χ0) is 20.2. The van der Waals surface area contributed by atoms with Crippen LogP contribution in [-0.4, -0.2) is 22.2 Å². The number of nitrogens with one attached hydrogen (secondary N) is 1. The van der Waals surface area contributed by atoms with Crippen LogP contribution in [0.3, 0.4) is 0 Å². The molecule has 1 N–H and O–H groups in total. The Morgan fingerprint density at radius 3 is 2.52 bits per heavy atom. The van der Waals surface area contributed by atoms with Crippen LogP contribution < -0.4 is 10.1 Å². The van der Waals surface area contributed by atoms with Gasteiger partial charge in [-0.1, -0.05) is 28.9 Å². The molecule has 0 spiro atoms. The lowest BCUT2D eigenvalue weighted by atomic mass is 10.1. The molecule has 7 heteroatoms. The number of pyridine rings is 1. The van der Waals surface area contributed by atoms with Crippen molar-refractivity contribution in [1.29, 1.82) is 0 Å². The third-order valence-electron chi connectivity index (χ3n) is 4.54. The summed E-state index contributed by atoms with van der Waals surface area (Å²) in [5.41, 5.74) is 2.67. The van der Waals surface area contributed by atoms with Crippen molar-refractivity contribution in [3.8, 4) is 28.6 Å². The summed E-state index contributed by atoms with van der Waals surface area (Å²) in [6.45, 7) is 2.05. The van der Waals surface area contributed by atoms with Gasteiger partial charge >= 0.3 is 0 Å². The van der Waals surface area contributed by atoms with Crippen molar-refractivity contribution >= 4 is 17.4 Å². The minimum atomic E-state index is 0.0184. The Labute approximate surface area is 173 Å². The van der Waals surface area contributed by atoms with Gasteiger partial charge in [-0.05, 0) is 61.0 Å². The highest BCUT2D eigenvalue weighted by molar-refractivity contribution is 6.30. The summed E-state index contributed by atoms with van der Waals surface area (Å²) in [6, 6.07) is 18.9. The highest BCUT2D eigenvalue weighted by atomic mass is 35.5. The van der Waals surface area contributed by atoms with E-state index in [1.165, 1.54) is 0 Å². The van der Waals surface area contributed by atoms with Crippen LogP contribution in [0.5, 0.6) is 5.75 Å². The number of rotatable bonds is 6. The third-order valence-corrected chi connectivity index (χ3v) is 4.79. The number of aromatic nitrogens is 3. The minimum absolute atomic E-state index is 0.0184. The van der Waals surface area contributed by atoms with Crippen LogP contribution in [-0.2, 0) is 0 Å². The second kappa shape index (κ2) is 8.32. The zero-order valence-corrected chi connectivity index (χ0v) is 16.7. The van der Waals surface area contributed by atoms with Crippen LogP contribution in [0.4, 0.5) is 5.82 Å². The molecule has 1 atom stereocenters. The van der Waals surface area contributed by atoms with E-state index in [-0.39, 0.29) is 6.04 Å². The Morgan fingerprint density at radius 1 is 1.03 bits per heavy atom. The van der Waals surface area contributed by atoms with Gasteiger partial charge in [-0.3, -0.25) is 0 Å². The monoisotopic (exact) mass is 406 g/mol. The molecule has 0 saturated heterocycles. The molecule has 29 heavy (non-hydrogen) atoms. The smallest absolute Gasteiger partial charge is 0.261 e. The summed E-state index contributed by atoms with van der Waals surface area (Å²) in [7, 11) is 1.63. The number of hydrogen-bond acceptors (Lipinski definition) is 6. The summed E-state index contributed by atoms with van der Waals surface area (Å²) >= 11 is 5.98.